The van der Waals surface area contributed by atoms with E-state index < -0.39 is 12.2 Å². The van der Waals surface area contributed by atoms with Gasteiger partial charge in [-0.25, -0.2) is 4.98 Å². The second-order valence-corrected chi connectivity index (χ2v) is 18.9. The summed E-state index contributed by atoms with van der Waals surface area (Å²) in [6.07, 6.45) is 20.9. The molecular formula is C51H77N5O8. The second-order valence-electron chi connectivity index (χ2n) is 18.9. The Bertz CT molecular complexity index is 1820. The summed E-state index contributed by atoms with van der Waals surface area (Å²) in [6, 6.07) is 9.80. The van der Waals surface area contributed by atoms with Crippen molar-refractivity contribution in [1.82, 2.24) is 10.3 Å². The quantitative estimate of drug-likeness (QED) is 0.0345. The van der Waals surface area contributed by atoms with Gasteiger partial charge in [0.05, 0.1) is 24.2 Å². The molecule has 4 aliphatic rings. The summed E-state index contributed by atoms with van der Waals surface area (Å²) in [5, 5.41) is 66.2. The SMILES string of the molecule is CC(O)CNC(CCCO)C1C2=C[C+](C(O)COc3cc(CCC4=C[C-](CO)C(CCCCCCC(N)CCC(O)CCc5ccnc(N)c5)O4)ccc3O)N=C2CCC2CCCC21. The van der Waals surface area contributed by atoms with Gasteiger partial charge in [-0.2, -0.15) is 12.0 Å². The fourth-order valence-corrected chi connectivity index (χ4v) is 10.4. The Hall–Kier alpha value is -3.82. The number of aliphatic imine (C=N–C) groups is 1. The molecular weight excluding hydrogens is 811 g/mol. The number of nitrogens with two attached hydrogens (primary N) is 2. The lowest BCUT2D eigenvalue weighted by Gasteiger charge is -2.32. The standard InChI is InChI=1S/C51H77N5O8/c1-33(59)30-55-44(11-7-25-57)51-41-10-6-8-36(41)16-21-43-42(51)29-45(56-43)47(62)32-63-49-26-34(15-22-46(49)61)14-20-40-28-37(31-58)48(64-40)12-5-3-2-4-9-38(52)17-19-39(60)18-13-35-23-24-54-50(53)27-35/h15,22-24,26-29,33,36,38-39,41,44,47-48,51,55,57-62H,2-14,16-21,25,30-32,52H2,1H3,(H2,53,54). The van der Waals surface area contributed by atoms with E-state index in [1.165, 1.54) is 18.4 Å². The van der Waals surface area contributed by atoms with Gasteiger partial charge in [0.2, 0.25) is 0 Å². The number of hydrogen-bond donors (Lipinski definition) is 9. The number of unbranched alkanes of at least 4 members (excludes halogenated alkanes) is 3. The number of nitrogens with zero attached hydrogens (tertiary/aromatic N) is 2. The molecule has 2 saturated carbocycles. The average molecular weight is 888 g/mol. The van der Waals surface area contributed by atoms with E-state index in [9.17, 15) is 30.6 Å². The average Bonchev–Trinajstić information content (AvgIpc) is 4.02. The van der Waals surface area contributed by atoms with Crippen LogP contribution in [-0.2, 0) is 17.6 Å². The van der Waals surface area contributed by atoms with E-state index in [1.807, 2.05) is 30.3 Å². The first-order valence-electron chi connectivity index (χ1n) is 24.3. The third-order valence-electron chi connectivity index (χ3n) is 13.9. The van der Waals surface area contributed by atoms with Crippen LogP contribution in [-0.4, -0.2) is 104 Å². The van der Waals surface area contributed by atoms with Gasteiger partial charge in [0.1, 0.15) is 18.0 Å². The zero-order valence-electron chi connectivity index (χ0n) is 38.1. The van der Waals surface area contributed by atoms with Crippen LogP contribution in [0.3, 0.4) is 0 Å². The molecule has 9 unspecified atom stereocenters. The Kier molecular flexibility index (Phi) is 19.5. The zero-order chi connectivity index (χ0) is 45.4. The maximum absolute atomic E-state index is 11.4. The van der Waals surface area contributed by atoms with Gasteiger partial charge in [-0.05, 0) is 125 Å². The molecule has 0 amide bonds. The highest BCUT2D eigenvalue weighted by Gasteiger charge is 2.50. The van der Waals surface area contributed by atoms with Crippen LogP contribution in [0.5, 0.6) is 11.5 Å². The van der Waals surface area contributed by atoms with E-state index in [-0.39, 0.29) is 55.8 Å². The van der Waals surface area contributed by atoms with E-state index in [2.05, 4.69) is 16.4 Å². The largest absolute Gasteiger partial charge is 0.592 e. The number of aliphatic hydroxyl groups is 5. The summed E-state index contributed by atoms with van der Waals surface area (Å²) in [4.78, 5) is 9.00. The normalized spacial score (nSPS) is 23.0. The minimum absolute atomic E-state index is 0.00192. The first kappa shape index (κ1) is 49.6. The van der Waals surface area contributed by atoms with Gasteiger partial charge in [-0.15, -0.1) is 4.99 Å². The highest BCUT2D eigenvalue weighted by Crippen LogP contribution is 2.49. The molecule has 2 aliphatic heterocycles. The number of aromatic hydroxyl groups is 1. The lowest BCUT2D eigenvalue weighted by atomic mass is 9.74. The lowest BCUT2D eigenvalue weighted by molar-refractivity contribution is 0.120. The van der Waals surface area contributed by atoms with Crippen LogP contribution in [0.1, 0.15) is 127 Å². The molecule has 1 aromatic heterocycles. The number of aliphatic hydroxyl groups excluding tert-OH is 5. The van der Waals surface area contributed by atoms with Crippen LogP contribution < -0.4 is 21.5 Å². The van der Waals surface area contributed by atoms with Crippen LogP contribution >= 0.6 is 0 Å². The number of anilines is 1. The van der Waals surface area contributed by atoms with E-state index in [1.54, 1.807) is 19.2 Å². The van der Waals surface area contributed by atoms with Crippen molar-refractivity contribution in [2.45, 2.75) is 165 Å². The predicted molar refractivity (Wildman–Crippen MR) is 251 cm³/mol. The Labute approximate surface area is 381 Å². The number of hydrogen-bond acceptors (Lipinski definition) is 13. The first-order valence-corrected chi connectivity index (χ1v) is 24.3. The smallest absolute Gasteiger partial charge is 0.189 e. The van der Waals surface area contributed by atoms with E-state index in [0.29, 0.717) is 68.1 Å². The third kappa shape index (κ3) is 14.6. The van der Waals surface area contributed by atoms with Crippen LogP contribution in [0, 0.1) is 29.7 Å². The molecule has 0 saturated heterocycles. The molecule has 11 N–H and O–H groups in total. The molecule has 0 radical (unpaired) electrons. The van der Waals surface area contributed by atoms with Gasteiger partial charge < -0.3 is 56.9 Å². The minimum Gasteiger partial charge on any atom is -0.592 e. The fourth-order valence-electron chi connectivity index (χ4n) is 10.4. The Morgan fingerprint density at radius 3 is 2.56 bits per heavy atom. The molecule has 64 heavy (non-hydrogen) atoms. The van der Waals surface area contributed by atoms with Crippen molar-refractivity contribution in [2.24, 2.45) is 28.5 Å². The zero-order valence-corrected chi connectivity index (χ0v) is 38.1. The highest BCUT2D eigenvalue weighted by atomic mass is 16.5. The van der Waals surface area contributed by atoms with Crippen LogP contribution in [0.4, 0.5) is 5.82 Å². The summed E-state index contributed by atoms with van der Waals surface area (Å²) in [7, 11) is 0. The van der Waals surface area contributed by atoms with Crippen molar-refractivity contribution < 1.29 is 40.1 Å². The first-order chi connectivity index (χ1) is 31.0. The van der Waals surface area contributed by atoms with E-state index >= 15 is 0 Å². The Morgan fingerprint density at radius 1 is 0.938 bits per heavy atom. The summed E-state index contributed by atoms with van der Waals surface area (Å²) < 4.78 is 12.4. The molecule has 3 heterocycles. The van der Waals surface area contributed by atoms with Crippen molar-refractivity contribution in [3.63, 3.8) is 0 Å². The van der Waals surface area contributed by atoms with E-state index in [4.69, 9.17) is 25.9 Å². The minimum atomic E-state index is -0.990. The fraction of sp³-hybridized carbons (Fsp3) is 0.647. The number of ether oxygens (including phenoxy) is 2. The Morgan fingerprint density at radius 2 is 1.77 bits per heavy atom. The van der Waals surface area contributed by atoms with Gasteiger partial charge >= 0.3 is 0 Å². The summed E-state index contributed by atoms with van der Waals surface area (Å²) in [5.41, 5.74) is 16.4. The number of allylic oxidation sites excluding steroid dienone is 1. The summed E-state index contributed by atoms with van der Waals surface area (Å²) in [6.45, 7) is 2.27. The van der Waals surface area contributed by atoms with Crippen molar-refractivity contribution in [2.75, 3.05) is 32.1 Å². The van der Waals surface area contributed by atoms with Gasteiger partial charge in [0.25, 0.3) is 0 Å². The number of nitrogen functional groups attached to an aromatic ring is 1. The van der Waals surface area contributed by atoms with Crippen LogP contribution in [0.25, 0.3) is 0 Å². The molecule has 354 valence electrons. The van der Waals surface area contributed by atoms with Crippen molar-refractivity contribution in [3.8, 4) is 11.5 Å². The number of phenolic OH excluding ortho intramolecular Hbond substituents is 1. The van der Waals surface area contributed by atoms with Gasteiger partial charge in [-0.3, -0.25) is 0 Å². The van der Waals surface area contributed by atoms with E-state index in [0.717, 1.165) is 106 Å². The maximum Gasteiger partial charge on any atom is 0.189 e. The second kappa shape index (κ2) is 25.2. The molecule has 13 heteroatoms. The molecule has 2 aliphatic carbocycles. The number of pyridine rings is 1. The number of fused-ring (bicyclic) bond motifs is 2. The maximum atomic E-state index is 11.4. The van der Waals surface area contributed by atoms with Gasteiger partial charge in [-0.1, -0.05) is 56.8 Å². The number of phenols is 1. The molecule has 2 aromatic rings. The van der Waals surface area contributed by atoms with Crippen molar-refractivity contribution >= 4 is 11.5 Å². The predicted octanol–water partition coefficient (Wildman–Crippen LogP) is 6.18. The molecule has 1 aromatic carbocycles. The summed E-state index contributed by atoms with van der Waals surface area (Å²) >= 11 is 0. The van der Waals surface area contributed by atoms with Crippen molar-refractivity contribution in [1.29, 1.82) is 0 Å². The van der Waals surface area contributed by atoms with Gasteiger partial charge in [0, 0.05) is 50.6 Å². The Balaban J connectivity index is 0.912. The number of aryl methyl sites for hydroxylation is 2. The topological polar surface area (TPSA) is 229 Å². The number of aromatic nitrogens is 1. The monoisotopic (exact) mass is 888 g/mol. The molecule has 6 rings (SSSR count). The van der Waals surface area contributed by atoms with Crippen LogP contribution in [0.15, 0.2) is 65.0 Å². The lowest BCUT2D eigenvalue weighted by Crippen LogP contribution is -2.44. The van der Waals surface area contributed by atoms with Crippen LogP contribution in [0.2, 0.25) is 0 Å². The molecule has 9 atom stereocenters. The van der Waals surface area contributed by atoms with Gasteiger partial charge in [0.15, 0.2) is 29.4 Å². The number of benzene rings is 1. The number of rotatable bonds is 28. The van der Waals surface area contributed by atoms with Crippen molar-refractivity contribution in [3.05, 3.63) is 83.1 Å². The molecule has 0 spiro atoms. The molecule has 13 nitrogen and oxygen atoms in total. The third-order valence-corrected chi connectivity index (χ3v) is 13.9. The number of nitrogens with one attached hydrogen (secondary N) is 1. The molecule has 2 fully saturated rings. The highest BCUT2D eigenvalue weighted by molar-refractivity contribution is 6.04. The summed E-state index contributed by atoms with van der Waals surface area (Å²) in [5.74, 6) is 3.82. The molecule has 0 bridgehead atoms.